The van der Waals surface area contributed by atoms with Crippen LogP contribution in [0.3, 0.4) is 0 Å². The number of primary sulfonamides is 1. The molecule has 142 valence electrons. The summed E-state index contributed by atoms with van der Waals surface area (Å²) in [6, 6.07) is 11.4. The van der Waals surface area contributed by atoms with E-state index in [2.05, 4.69) is 29.4 Å². The zero-order valence-electron chi connectivity index (χ0n) is 15.4. The molecule has 0 aliphatic heterocycles. The van der Waals surface area contributed by atoms with Gasteiger partial charge in [0.05, 0.1) is 10.6 Å². The van der Waals surface area contributed by atoms with Gasteiger partial charge in [0.1, 0.15) is 0 Å². The van der Waals surface area contributed by atoms with Crippen LogP contribution in [0.25, 0.3) is 5.57 Å². The molecule has 4 nitrogen and oxygen atoms in total. The molecule has 2 aromatic rings. The zero-order valence-corrected chi connectivity index (χ0v) is 17.0. The molecule has 27 heavy (non-hydrogen) atoms. The van der Waals surface area contributed by atoms with Crippen molar-refractivity contribution in [2.45, 2.75) is 47.8 Å². The molecule has 4 rings (SSSR count). The Hall–Kier alpha value is -1.63. The SMILES string of the molecule is CSc1ccc(C2=CC(c3ccc(S(N)(=O)=O)cc3)C3(CCCC3)C2)nc1. The van der Waals surface area contributed by atoms with Gasteiger partial charge in [-0.1, -0.05) is 31.1 Å². The summed E-state index contributed by atoms with van der Waals surface area (Å²) in [5.74, 6) is 0.298. The van der Waals surface area contributed by atoms with Crippen molar-refractivity contribution < 1.29 is 8.42 Å². The number of sulfonamides is 1. The van der Waals surface area contributed by atoms with Crippen LogP contribution in [0, 0.1) is 5.41 Å². The average Bonchev–Trinajstić information content (AvgIpc) is 3.29. The van der Waals surface area contributed by atoms with E-state index in [1.54, 1.807) is 23.9 Å². The first-order valence-corrected chi connectivity index (χ1v) is 12.0. The maximum absolute atomic E-state index is 11.6. The van der Waals surface area contributed by atoms with Gasteiger partial charge in [-0.25, -0.2) is 13.6 Å². The van der Waals surface area contributed by atoms with E-state index in [-0.39, 0.29) is 10.3 Å². The molecule has 1 heterocycles. The fourth-order valence-corrected chi connectivity index (χ4v) is 5.55. The summed E-state index contributed by atoms with van der Waals surface area (Å²) in [7, 11) is -3.66. The molecule has 1 atom stereocenters. The van der Waals surface area contributed by atoms with Gasteiger partial charge < -0.3 is 0 Å². The van der Waals surface area contributed by atoms with Crippen molar-refractivity contribution >= 4 is 27.4 Å². The van der Waals surface area contributed by atoms with E-state index in [0.717, 1.165) is 12.1 Å². The Morgan fingerprint density at radius 1 is 1.11 bits per heavy atom. The van der Waals surface area contributed by atoms with Gasteiger partial charge in [0.2, 0.25) is 10.0 Å². The second-order valence-electron chi connectivity index (χ2n) is 7.61. The first kappa shape index (κ1) is 18.7. The summed E-state index contributed by atoms with van der Waals surface area (Å²) in [4.78, 5) is 6.01. The average molecular weight is 401 g/mol. The molecule has 2 aliphatic rings. The number of nitrogens with two attached hydrogens (primary N) is 1. The van der Waals surface area contributed by atoms with Crippen molar-refractivity contribution in [3.8, 4) is 0 Å². The molecule has 0 bridgehead atoms. The molecule has 1 unspecified atom stereocenters. The lowest BCUT2D eigenvalue weighted by Gasteiger charge is -2.31. The lowest BCUT2D eigenvalue weighted by molar-refractivity contribution is 0.286. The minimum atomic E-state index is -3.66. The number of rotatable bonds is 4. The summed E-state index contributed by atoms with van der Waals surface area (Å²) in [6.45, 7) is 0. The van der Waals surface area contributed by atoms with E-state index in [1.165, 1.54) is 41.7 Å². The highest BCUT2D eigenvalue weighted by molar-refractivity contribution is 7.98. The molecule has 0 radical (unpaired) electrons. The third-order valence-corrected chi connectivity index (χ3v) is 7.68. The molecule has 6 heteroatoms. The van der Waals surface area contributed by atoms with Gasteiger partial charge in [-0.3, -0.25) is 4.98 Å². The number of pyridine rings is 1. The quantitative estimate of drug-likeness (QED) is 0.762. The minimum Gasteiger partial charge on any atom is -0.255 e. The fraction of sp³-hybridized carbons (Fsp3) is 0.381. The Kier molecular flexibility index (Phi) is 4.91. The number of hydrogen-bond donors (Lipinski definition) is 1. The van der Waals surface area contributed by atoms with Crippen LogP contribution in [0.1, 0.15) is 49.3 Å². The summed E-state index contributed by atoms with van der Waals surface area (Å²) < 4.78 is 23.1. The summed E-state index contributed by atoms with van der Waals surface area (Å²) in [6.07, 6.45) is 12.3. The highest BCUT2D eigenvalue weighted by Crippen LogP contribution is 2.59. The minimum absolute atomic E-state index is 0.170. The second-order valence-corrected chi connectivity index (χ2v) is 10.1. The van der Waals surface area contributed by atoms with Crippen LogP contribution >= 0.6 is 11.8 Å². The Bertz CT molecular complexity index is 958. The topological polar surface area (TPSA) is 73.1 Å². The predicted octanol–water partition coefficient (Wildman–Crippen LogP) is 4.58. The third-order valence-electron chi connectivity index (χ3n) is 6.04. The summed E-state index contributed by atoms with van der Waals surface area (Å²) in [5, 5.41) is 5.25. The van der Waals surface area contributed by atoms with Crippen LogP contribution in [-0.2, 0) is 10.0 Å². The van der Waals surface area contributed by atoms with Gasteiger partial charge >= 0.3 is 0 Å². The number of allylic oxidation sites excluding steroid dienone is 2. The van der Waals surface area contributed by atoms with Crippen LogP contribution in [0.2, 0.25) is 0 Å². The number of thioether (sulfide) groups is 1. The molecule has 2 aliphatic carbocycles. The Morgan fingerprint density at radius 3 is 2.37 bits per heavy atom. The van der Waals surface area contributed by atoms with E-state index in [9.17, 15) is 8.42 Å². The van der Waals surface area contributed by atoms with Gasteiger partial charge in [-0.15, -0.1) is 11.8 Å². The normalized spacial score (nSPS) is 21.6. The van der Waals surface area contributed by atoms with Crippen molar-refractivity contribution in [1.82, 2.24) is 4.98 Å². The van der Waals surface area contributed by atoms with Crippen LogP contribution in [-0.4, -0.2) is 19.7 Å². The second kappa shape index (κ2) is 7.08. The van der Waals surface area contributed by atoms with Crippen molar-refractivity contribution in [2.24, 2.45) is 10.6 Å². The van der Waals surface area contributed by atoms with Gasteiger partial charge in [0.15, 0.2) is 0 Å². The monoisotopic (exact) mass is 400 g/mol. The molecule has 0 saturated heterocycles. The number of benzene rings is 1. The number of nitrogens with zero attached hydrogens (tertiary/aromatic N) is 1. The van der Waals surface area contributed by atoms with Crippen LogP contribution < -0.4 is 5.14 Å². The number of hydrogen-bond acceptors (Lipinski definition) is 4. The zero-order chi connectivity index (χ0) is 19.1. The van der Waals surface area contributed by atoms with Gasteiger partial charge in [0, 0.05) is 17.0 Å². The van der Waals surface area contributed by atoms with Crippen LogP contribution in [0.4, 0.5) is 0 Å². The lowest BCUT2D eigenvalue weighted by Crippen LogP contribution is -2.21. The molecule has 1 aromatic carbocycles. The first-order chi connectivity index (χ1) is 12.9. The largest absolute Gasteiger partial charge is 0.255 e. The fourth-order valence-electron chi connectivity index (χ4n) is 4.67. The van der Waals surface area contributed by atoms with E-state index in [0.29, 0.717) is 5.92 Å². The molecule has 0 amide bonds. The van der Waals surface area contributed by atoms with Crippen molar-refractivity contribution in [3.05, 3.63) is 59.9 Å². The van der Waals surface area contributed by atoms with Crippen molar-refractivity contribution in [1.29, 1.82) is 0 Å². The smallest absolute Gasteiger partial charge is 0.238 e. The van der Waals surface area contributed by atoms with E-state index >= 15 is 0 Å². The van der Waals surface area contributed by atoms with Gasteiger partial charge in [0.25, 0.3) is 0 Å². The lowest BCUT2D eigenvalue weighted by atomic mass is 9.72. The molecular weight excluding hydrogens is 376 g/mol. The Morgan fingerprint density at radius 2 is 1.81 bits per heavy atom. The molecule has 1 spiro atoms. The molecule has 1 aromatic heterocycles. The maximum atomic E-state index is 11.6. The maximum Gasteiger partial charge on any atom is 0.238 e. The highest BCUT2D eigenvalue weighted by Gasteiger charge is 2.45. The molecular formula is C21H24N2O2S2. The Labute approximate surface area is 165 Å². The summed E-state index contributed by atoms with van der Waals surface area (Å²) in [5.41, 5.74) is 3.77. The van der Waals surface area contributed by atoms with E-state index in [4.69, 9.17) is 5.14 Å². The van der Waals surface area contributed by atoms with E-state index < -0.39 is 10.0 Å². The molecule has 2 N–H and O–H groups in total. The predicted molar refractivity (Wildman–Crippen MR) is 110 cm³/mol. The van der Waals surface area contributed by atoms with Crippen molar-refractivity contribution in [2.75, 3.05) is 6.26 Å². The Balaban J connectivity index is 1.70. The third kappa shape index (κ3) is 3.58. The standard InChI is InChI=1S/C21H24N2O2S2/c1-26-17-6-9-20(23-14-17)16-12-19(21(13-16)10-2-3-11-21)15-4-7-18(8-5-15)27(22,24)25/h4-9,12,14,19H,2-3,10-11,13H2,1H3,(H2,22,24,25). The first-order valence-electron chi connectivity index (χ1n) is 9.25. The number of aromatic nitrogens is 1. The van der Waals surface area contributed by atoms with E-state index in [1.807, 2.05) is 18.3 Å². The molecule has 1 fully saturated rings. The summed E-state index contributed by atoms with van der Waals surface area (Å²) >= 11 is 1.70. The van der Waals surface area contributed by atoms with Crippen molar-refractivity contribution in [3.63, 3.8) is 0 Å². The van der Waals surface area contributed by atoms with Gasteiger partial charge in [-0.05, 0) is 66.3 Å². The molecule has 1 saturated carbocycles. The highest BCUT2D eigenvalue weighted by atomic mass is 32.2. The van der Waals surface area contributed by atoms with Crippen LogP contribution in [0.5, 0.6) is 0 Å². The van der Waals surface area contributed by atoms with Gasteiger partial charge in [-0.2, -0.15) is 0 Å². The van der Waals surface area contributed by atoms with Crippen LogP contribution in [0.15, 0.2) is 58.5 Å².